The van der Waals surface area contributed by atoms with Gasteiger partial charge < -0.3 is 20.3 Å². The molecule has 2 N–H and O–H groups in total. The maximum absolute atomic E-state index is 12.2. The zero-order valence-corrected chi connectivity index (χ0v) is 16.5. The summed E-state index contributed by atoms with van der Waals surface area (Å²) in [7, 11) is 0. The number of rotatable bonds is 5. The highest BCUT2D eigenvalue weighted by Gasteiger charge is 2.27. The van der Waals surface area contributed by atoms with E-state index in [9.17, 15) is 14.5 Å². The first-order valence-corrected chi connectivity index (χ1v) is 9.33. The van der Waals surface area contributed by atoms with Gasteiger partial charge in [-0.25, -0.2) is 4.79 Å². The fraction of sp³-hybridized carbons (Fsp3) is 0.556. The molecule has 1 saturated heterocycles. The van der Waals surface area contributed by atoms with Crippen LogP contribution in [-0.2, 0) is 9.53 Å². The number of ether oxygens (including phenoxy) is 1. The summed E-state index contributed by atoms with van der Waals surface area (Å²) < 4.78 is 5.39. The van der Waals surface area contributed by atoms with Gasteiger partial charge in [0, 0.05) is 19.1 Å². The molecular formula is C18H25ClN4O4. The number of hydrogen-bond donors (Lipinski definition) is 2. The monoisotopic (exact) mass is 396 g/mol. The van der Waals surface area contributed by atoms with Gasteiger partial charge in [0.2, 0.25) is 5.91 Å². The zero-order valence-electron chi connectivity index (χ0n) is 15.8. The van der Waals surface area contributed by atoms with Crippen LogP contribution < -0.4 is 10.6 Å². The number of nitrogens with zero attached hydrogens (tertiary/aromatic N) is 2. The molecule has 2 rings (SSSR count). The predicted molar refractivity (Wildman–Crippen MR) is 106 cm³/mol. The Labute approximate surface area is 163 Å². The van der Waals surface area contributed by atoms with Gasteiger partial charge in [0.1, 0.15) is 17.2 Å². The van der Waals surface area contributed by atoms with Crippen LogP contribution in [0.4, 0.5) is 21.9 Å². The summed E-state index contributed by atoms with van der Waals surface area (Å²) in [5.41, 5.74) is 0.585. The number of piperidine rings is 1. The zero-order chi connectivity index (χ0) is 20.0. The number of halogens is 1. The highest BCUT2D eigenvalue weighted by Crippen LogP contribution is 2.34. The van der Waals surface area contributed by atoms with E-state index in [-0.39, 0.29) is 29.6 Å². The molecule has 1 heterocycles. The number of nitroso groups, excluding NO2 is 1. The normalized spacial score (nSPS) is 15.2. The predicted octanol–water partition coefficient (Wildman–Crippen LogP) is 4.07. The smallest absolute Gasteiger partial charge is 0.410 e. The SMILES string of the molecule is CC(C)(C)OC(=O)N1CCC(Nc2c(N=O)cccc2NC(=O)CCl)CC1. The number of carbonyl (C=O) groups is 2. The lowest BCUT2D eigenvalue weighted by Crippen LogP contribution is -2.44. The van der Waals surface area contributed by atoms with E-state index in [1.807, 2.05) is 20.8 Å². The molecule has 1 aliphatic rings. The van der Waals surface area contributed by atoms with Crippen LogP contribution in [0.15, 0.2) is 23.4 Å². The highest BCUT2D eigenvalue weighted by atomic mass is 35.5. The third-order valence-corrected chi connectivity index (χ3v) is 4.27. The Kier molecular flexibility index (Phi) is 7.01. The van der Waals surface area contributed by atoms with Crippen LogP contribution >= 0.6 is 11.6 Å². The second-order valence-corrected chi connectivity index (χ2v) is 7.63. The first-order chi connectivity index (χ1) is 12.7. The maximum atomic E-state index is 12.2. The number of hydrogen-bond acceptors (Lipinski definition) is 6. The molecule has 1 aromatic carbocycles. The topological polar surface area (TPSA) is 100 Å². The molecular weight excluding hydrogens is 372 g/mol. The lowest BCUT2D eigenvalue weighted by molar-refractivity contribution is -0.113. The van der Waals surface area contributed by atoms with Crippen LogP contribution in [0.1, 0.15) is 33.6 Å². The third-order valence-electron chi connectivity index (χ3n) is 4.03. The molecule has 0 spiro atoms. The van der Waals surface area contributed by atoms with Crippen LogP contribution in [0, 0.1) is 4.91 Å². The molecule has 148 valence electrons. The molecule has 0 aliphatic carbocycles. The van der Waals surface area contributed by atoms with Crippen molar-refractivity contribution in [1.82, 2.24) is 4.90 Å². The van der Waals surface area contributed by atoms with Gasteiger partial charge >= 0.3 is 6.09 Å². The molecule has 1 aromatic rings. The number of nitrogens with one attached hydrogen (secondary N) is 2. The Morgan fingerprint density at radius 2 is 1.96 bits per heavy atom. The molecule has 8 nitrogen and oxygen atoms in total. The number of anilines is 2. The van der Waals surface area contributed by atoms with Crippen molar-refractivity contribution in [3.63, 3.8) is 0 Å². The van der Waals surface area contributed by atoms with Crippen molar-refractivity contribution in [1.29, 1.82) is 0 Å². The molecule has 0 atom stereocenters. The van der Waals surface area contributed by atoms with E-state index in [1.165, 1.54) is 0 Å². The number of carbonyl (C=O) groups excluding carboxylic acids is 2. The van der Waals surface area contributed by atoms with E-state index < -0.39 is 5.60 Å². The number of likely N-dealkylation sites (tertiary alicyclic amines) is 1. The van der Waals surface area contributed by atoms with Gasteiger partial charge in [-0.05, 0) is 50.9 Å². The second kappa shape index (κ2) is 9.03. The molecule has 0 unspecified atom stereocenters. The first-order valence-electron chi connectivity index (χ1n) is 8.80. The van der Waals surface area contributed by atoms with E-state index in [4.69, 9.17) is 16.3 Å². The van der Waals surface area contributed by atoms with Crippen LogP contribution in [0.5, 0.6) is 0 Å². The first kappa shape index (κ1) is 21.0. The second-order valence-electron chi connectivity index (χ2n) is 7.36. The number of amides is 2. The molecule has 1 fully saturated rings. The van der Waals surface area contributed by atoms with Crippen molar-refractivity contribution in [2.75, 3.05) is 29.6 Å². The van der Waals surface area contributed by atoms with Gasteiger partial charge in [-0.1, -0.05) is 6.07 Å². The van der Waals surface area contributed by atoms with E-state index in [2.05, 4.69) is 15.8 Å². The van der Waals surface area contributed by atoms with Gasteiger partial charge in [0.25, 0.3) is 0 Å². The number of benzene rings is 1. The van der Waals surface area contributed by atoms with Gasteiger partial charge in [0.05, 0.1) is 11.4 Å². The van der Waals surface area contributed by atoms with Crippen LogP contribution in [0.25, 0.3) is 0 Å². The fourth-order valence-corrected chi connectivity index (χ4v) is 2.86. The average Bonchev–Trinajstić information content (AvgIpc) is 2.62. The highest BCUT2D eigenvalue weighted by molar-refractivity contribution is 6.29. The molecule has 0 bridgehead atoms. The summed E-state index contributed by atoms with van der Waals surface area (Å²) in [5.74, 6) is -0.561. The quantitative estimate of drug-likeness (QED) is 0.577. The minimum absolute atomic E-state index is 0.0261. The van der Waals surface area contributed by atoms with Crippen molar-refractivity contribution in [2.24, 2.45) is 5.18 Å². The lowest BCUT2D eigenvalue weighted by atomic mass is 10.0. The molecule has 9 heteroatoms. The van der Waals surface area contributed by atoms with E-state index in [0.29, 0.717) is 37.3 Å². The van der Waals surface area contributed by atoms with Gasteiger partial charge in [-0.15, -0.1) is 16.5 Å². The number of alkyl halides is 1. The summed E-state index contributed by atoms with van der Waals surface area (Å²) in [6, 6.07) is 4.91. The van der Waals surface area contributed by atoms with Crippen LogP contribution in [-0.4, -0.2) is 47.5 Å². The minimum atomic E-state index is -0.531. The minimum Gasteiger partial charge on any atom is -0.444 e. The van der Waals surface area contributed by atoms with Gasteiger partial charge in [0.15, 0.2) is 0 Å². The van der Waals surface area contributed by atoms with Gasteiger partial charge in [-0.3, -0.25) is 4.79 Å². The average molecular weight is 397 g/mol. The number of para-hydroxylation sites is 1. The largest absolute Gasteiger partial charge is 0.444 e. The van der Waals surface area contributed by atoms with Crippen molar-refractivity contribution < 1.29 is 14.3 Å². The van der Waals surface area contributed by atoms with Crippen molar-refractivity contribution >= 4 is 40.7 Å². The molecule has 0 saturated carbocycles. The standard InChI is InChI=1S/C18H25ClN4O4/c1-18(2,3)27-17(25)23-9-7-12(8-10-23)20-16-13(21-15(24)11-19)5-4-6-14(16)22-26/h4-6,12,20H,7-11H2,1-3H3,(H,21,24). The summed E-state index contributed by atoms with van der Waals surface area (Å²) in [6.45, 7) is 6.57. The van der Waals surface area contributed by atoms with Crippen LogP contribution in [0.2, 0.25) is 0 Å². The Balaban J connectivity index is 2.03. The molecule has 1 aliphatic heterocycles. The van der Waals surface area contributed by atoms with Crippen molar-refractivity contribution in [3.05, 3.63) is 23.1 Å². The Morgan fingerprint density at radius 3 is 2.52 bits per heavy atom. The third kappa shape index (κ3) is 6.09. The van der Waals surface area contributed by atoms with Crippen molar-refractivity contribution in [3.8, 4) is 0 Å². The fourth-order valence-electron chi connectivity index (χ4n) is 2.79. The van der Waals surface area contributed by atoms with Crippen LogP contribution in [0.3, 0.4) is 0 Å². The maximum Gasteiger partial charge on any atom is 0.410 e. The summed E-state index contributed by atoms with van der Waals surface area (Å²) in [5, 5.41) is 8.97. The Hall–Kier alpha value is -2.35. The van der Waals surface area contributed by atoms with E-state index in [0.717, 1.165) is 0 Å². The molecule has 2 amide bonds. The molecule has 0 radical (unpaired) electrons. The molecule has 0 aromatic heterocycles. The Bertz CT molecular complexity index is 697. The van der Waals surface area contributed by atoms with Gasteiger partial charge in [-0.2, -0.15) is 0 Å². The Morgan fingerprint density at radius 1 is 1.30 bits per heavy atom. The molecule has 27 heavy (non-hydrogen) atoms. The summed E-state index contributed by atoms with van der Waals surface area (Å²) in [6.07, 6.45) is 1.02. The summed E-state index contributed by atoms with van der Waals surface area (Å²) in [4.78, 5) is 36.6. The summed E-state index contributed by atoms with van der Waals surface area (Å²) >= 11 is 5.54. The van der Waals surface area contributed by atoms with E-state index in [1.54, 1.807) is 23.1 Å². The van der Waals surface area contributed by atoms with E-state index >= 15 is 0 Å². The lowest BCUT2D eigenvalue weighted by Gasteiger charge is -2.34. The van der Waals surface area contributed by atoms with Crippen molar-refractivity contribution in [2.45, 2.75) is 45.3 Å².